The quantitative estimate of drug-likeness (QED) is 0.865. The zero-order chi connectivity index (χ0) is 17.8. The lowest BCUT2D eigenvalue weighted by molar-refractivity contribution is 0.212. The summed E-state index contributed by atoms with van der Waals surface area (Å²) in [7, 11) is 0. The van der Waals surface area contributed by atoms with Crippen molar-refractivity contribution in [1.29, 1.82) is 0 Å². The van der Waals surface area contributed by atoms with Crippen LogP contribution in [0.4, 0.5) is 4.39 Å². The summed E-state index contributed by atoms with van der Waals surface area (Å²) in [6.45, 7) is 4.70. The van der Waals surface area contributed by atoms with Crippen molar-refractivity contribution in [1.82, 2.24) is 9.88 Å². The third kappa shape index (κ3) is 4.27. The first kappa shape index (κ1) is 18.1. The molecule has 0 saturated heterocycles. The molecule has 0 amide bonds. The monoisotopic (exact) mass is 360 g/mol. The van der Waals surface area contributed by atoms with Gasteiger partial charge < -0.3 is 5.11 Å². The lowest BCUT2D eigenvalue weighted by Crippen LogP contribution is -2.32. The van der Waals surface area contributed by atoms with Gasteiger partial charge in [-0.1, -0.05) is 29.8 Å². The Morgan fingerprint density at radius 2 is 2.24 bits per heavy atom. The number of pyridine rings is 1. The number of aliphatic hydroxyl groups excluding tert-OH is 1. The summed E-state index contributed by atoms with van der Waals surface area (Å²) >= 11 is 6.24. The van der Waals surface area contributed by atoms with E-state index in [9.17, 15) is 4.39 Å². The van der Waals surface area contributed by atoms with Crippen molar-refractivity contribution in [3.8, 4) is 0 Å². The van der Waals surface area contributed by atoms with E-state index in [0.717, 1.165) is 49.2 Å². The smallest absolute Gasteiger partial charge is 0.149 e. The number of rotatable bonds is 5. The molecule has 2 heterocycles. The Kier molecular flexibility index (Phi) is 5.84. The van der Waals surface area contributed by atoms with Crippen LogP contribution in [0.3, 0.4) is 0 Å². The van der Waals surface area contributed by atoms with E-state index in [2.05, 4.69) is 9.88 Å². The van der Waals surface area contributed by atoms with Gasteiger partial charge in [0.25, 0.3) is 0 Å². The summed E-state index contributed by atoms with van der Waals surface area (Å²) in [6, 6.07) is 7.40. The number of hydrogen-bond donors (Lipinski definition) is 1. The molecular formula is C20H22ClFN2O. The van der Waals surface area contributed by atoms with Gasteiger partial charge in [0, 0.05) is 32.4 Å². The van der Waals surface area contributed by atoms with E-state index in [-0.39, 0.29) is 12.4 Å². The van der Waals surface area contributed by atoms with E-state index >= 15 is 0 Å². The van der Waals surface area contributed by atoms with Crippen molar-refractivity contribution in [2.75, 3.05) is 19.7 Å². The molecule has 1 aromatic carbocycles. The number of halogens is 2. The number of benzene rings is 1. The molecular weight excluding hydrogens is 339 g/mol. The van der Waals surface area contributed by atoms with Crippen LogP contribution in [-0.2, 0) is 13.0 Å². The number of aliphatic hydroxyl groups is 1. The van der Waals surface area contributed by atoms with Crippen LogP contribution in [0.15, 0.2) is 30.5 Å². The molecule has 0 fully saturated rings. The van der Waals surface area contributed by atoms with Crippen LogP contribution in [0, 0.1) is 6.92 Å². The first-order valence-corrected chi connectivity index (χ1v) is 8.90. The highest BCUT2D eigenvalue weighted by atomic mass is 35.5. The molecule has 1 aromatic heterocycles. The third-order valence-electron chi connectivity index (χ3n) is 4.56. The molecule has 0 saturated carbocycles. The molecule has 1 aliphatic rings. The highest BCUT2D eigenvalue weighted by Gasteiger charge is 2.17. The van der Waals surface area contributed by atoms with Crippen molar-refractivity contribution in [3.63, 3.8) is 0 Å². The summed E-state index contributed by atoms with van der Waals surface area (Å²) < 4.78 is 14.6. The van der Waals surface area contributed by atoms with E-state index in [0.29, 0.717) is 16.3 Å². The zero-order valence-corrected chi connectivity index (χ0v) is 15.1. The molecule has 25 heavy (non-hydrogen) atoms. The summed E-state index contributed by atoms with van der Waals surface area (Å²) in [5.74, 6) is -0.377. The fourth-order valence-corrected chi connectivity index (χ4v) is 3.29. The minimum atomic E-state index is -0.377. The Balaban J connectivity index is 1.80. The molecule has 132 valence electrons. The average Bonchev–Trinajstić information content (AvgIpc) is 2.63. The molecule has 5 heteroatoms. The van der Waals surface area contributed by atoms with Crippen LogP contribution in [0.2, 0.25) is 5.02 Å². The molecule has 1 aliphatic heterocycles. The van der Waals surface area contributed by atoms with Crippen LogP contribution in [0.25, 0.3) is 11.9 Å². The van der Waals surface area contributed by atoms with Gasteiger partial charge >= 0.3 is 0 Å². The topological polar surface area (TPSA) is 36.4 Å². The van der Waals surface area contributed by atoms with Crippen molar-refractivity contribution >= 4 is 23.5 Å². The molecule has 1 N–H and O–H groups in total. The maximum atomic E-state index is 14.6. The van der Waals surface area contributed by atoms with Crippen LogP contribution >= 0.6 is 11.6 Å². The van der Waals surface area contributed by atoms with Gasteiger partial charge in [0.1, 0.15) is 5.83 Å². The van der Waals surface area contributed by atoms with Crippen molar-refractivity contribution in [2.24, 2.45) is 0 Å². The van der Waals surface area contributed by atoms with E-state index in [1.165, 1.54) is 6.08 Å². The Morgan fingerprint density at radius 3 is 3.04 bits per heavy atom. The summed E-state index contributed by atoms with van der Waals surface area (Å²) in [5, 5.41) is 9.52. The second-order valence-electron chi connectivity index (χ2n) is 6.41. The van der Waals surface area contributed by atoms with Gasteiger partial charge in [-0.3, -0.25) is 9.88 Å². The number of fused-ring (bicyclic) bond motifs is 1. The fraction of sp³-hybridized carbons (Fsp3) is 0.350. The number of hydrogen-bond acceptors (Lipinski definition) is 3. The maximum absolute atomic E-state index is 14.6. The molecule has 0 unspecified atom stereocenters. The second kappa shape index (κ2) is 8.09. The molecule has 3 nitrogen and oxygen atoms in total. The number of aromatic nitrogens is 1. The summed E-state index contributed by atoms with van der Waals surface area (Å²) in [4.78, 5) is 6.58. The summed E-state index contributed by atoms with van der Waals surface area (Å²) in [5.41, 5.74) is 4.21. The SMILES string of the molecule is Cc1cccc(/C=C(\F)c2cc3c(cn2)CN(CCCO)CC3)c1Cl. The molecule has 2 aromatic rings. The van der Waals surface area contributed by atoms with Gasteiger partial charge in [-0.2, -0.15) is 0 Å². The molecule has 0 aliphatic carbocycles. The van der Waals surface area contributed by atoms with Gasteiger partial charge in [-0.05, 0) is 54.2 Å². The normalized spacial score (nSPS) is 15.3. The molecule has 0 bridgehead atoms. The van der Waals surface area contributed by atoms with Crippen LogP contribution in [0.5, 0.6) is 0 Å². The third-order valence-corrected chi connectivity index (χ3v) is 5.07. The van der Waals surface area contributed by atoms with E-state index in [1.807, 2.05) is 25.1 Å². The van der Waals surface area contributed by atoms with Crippen molar-refractivity contribution in [3.05, 3.63) is 63.4 Å². The summed E-state index contributed by atoms with van der Waals surface area (Å²) in [6.07, 6.45) is 4.85. The van der Waals surface area contributed by atoms with Gasteiger partial charge in [0.15, 0.2) is 0 Å². The molecule has 0 atom stereocenters. The highest BCUT2D eigenvalue weighted by Crippen LogP contribution is 2.27. The van der Waals surface area contributed by atoms with Crippen LogP contribution in [-0.4, -0.2) is 34.7 Å². The first-order valence-electron chi connectivity index (χ1n) is 8.52. The lowest BCUT2D eigenvalue weighted by Gasteiger charge is -2.28. The number of nitrogens with zero attached hydrogens (tertiary/aromatic N) is 2. The molecule has 3 rings (SSSR count). The van der Waals surface area contributed by atoms with E-state index < -0.39 is 0 Å². The van der Waals surface area contributed by atoms with Crippen molar-refractivity contribution < 1.29 is 9.50 Å². The maximum Gasteiger partial charge on any atom is 0.149 e. The minimum Gasteiger partial charge on any atom is -0.396 e. The van der Waals surface area contributed by atoms with Gasteiger partial charge in [-0.15, -0.1) is 0 Å². The molecule has 0 spiro atoms. The zero-order valence-electron chi connectivity index (χ0n) is 14.3. The lowest BCUT2D eigenvalue weighted by atomic mass is 10.0. The average molecular weight is 361 g/mol. The Hall–Kier alpha value is -1.75. The minimum absolute atomic E-state index is 0.206. The Labute approximate surface area is 152 Å². The van der Waals surface area contributed by atoms with E-state index in [4.69, 9.17) is 16.7 Å². The van der Waals surface area contributed by atoms with Crippen LogP contribution in [0.1, 0.15) is 34.4 Å². The molecule has 0 radical (unpaired) electrons. The fourth-order valence-electron chi connectivity index (χ4n) is 3.11. The van der Waals surface area contributed by atoms with Crippen LogP contribution < -0.4 is 0 Å². The Bertz CT molecular complexity index is 791. The Morgan fingerprint density at radius 1 is 1.40 bits per heavy atom. The predicted molar refractivity (Wildman–Crippen MR) is 100 cm³/mol. The van der Waals surface area contributed by atoms with E-state index in [1.54, 1.807) is 12.3 Å². The number of aryl methyl sites for hydroxylation is 1. The highest BCUT2D eigenvalue weighted by molar-refractivity contribution is 6.33. The van der Waals surface area contributed by atoms with Crippen molar-refractivity contribution in [2.45, 2.75) is 26.3 Å². The van der Waals surface area contributed by atoms with Gasteiger partial charge in [0.05, 0.1) is 10.7 Å². The standard InChI is InChI=1S/C20H22ClFN2O/c1-14-4-2-5-16(20(14)21)10-18(22)19-11-15-6-8-24(7-3-9-25)13-17(15)12-23-19/h2,4-5,10-12,25H,3,6-9,13H2,1H3/b18-10-. The largest absolute Gasteiger partial charge is 0.396 e. The predicted octanol–water partition coefficient (Wildman–Crippen LogP) is 4.25. The second-order valence-corrected chi connectivity index (χ2v) is 6.79. The van der Waals surface area contributed by atoms with Gasteiger partial charge in [-0.25, -0.2) is 4.39 Å². The first-order chi connectivity index (χ1) is 12.1. The van der Waals surface area contributed by atoms with Gasteiger partial charge in [0.2, 0.25) is 0 Å².